The summed E-state index contributed by atoms with van der Waals surface area (Å²) in [7, 11) is 0. The van der Waals surface area contributed by atoms with Crippen LogP contribution in [0.1, 0.15) is 0 Å². The number of fused-ring (bicyclic) bond motifs is 3. The quantitative estimate of drug-likeness (QED) is 0.181. The highest BCUT2D eigenvalue weighted by Crippen LogP contribution is 2.42. The lowest BCUT2D eigenvalue weighted by molar-refractivity contribution is 1.07. The van der Waals surface area contributed by atoms with Gasteiger partial charge in [0.2, 0.25) is 0 Å². The zero-order valence-corrected chi connectivity index (χ0v) is 27.3. The number of thiophene rings is 1. The molecule has 0 fully saturated rings. The van der Waals surface area contributed by atoms with E-state index in [4.69, 9.17) is 15.0 Å². The molecule has 0 amide bonds. The Bertz CT molecular complexity index is 2540. The molecule has 0 radical (unpaired) electrons. The summed E-state index contributed by atoms with van der Waals surface area (Å²) in [6.45, 7) is 0. The molecule has 2 aromatic heterocycles. The van der Waals surface area contributed by atoms with Crippen molar-refractivity contribution in [3.63, 3.8) is 0 Å². The van der Waals surface area contributed by atoms with Crippen LogP contribution in [0.4, 0.5) is 0 Å². The van der Waals surface area contributed by atoms with Gasteiger partial charge in [0.25, 0.3) is 0 Å². The Morgan fingerprint density at radius 3 is 1.43 bits per heavy atom. The maximum Gasteiger partial charge on any atom is 0.164 e. The average molecular weight is 644 g/mol. The van der Waals surface area contributed by atoms with E-state index < -0.39 is 0 Å². The zero-order chi connectivity index (χ0) is 32.6. The van der Waals surface area contributed by atoms with Crippen LogP contribution in [0.25, 0.3) is 87.7 Å². The molecule has 2 heterocycles. The van der Waals surface area contributed by atoms with Crippen LogP contribution in [0.15, 0.2) is 176 Å². The van der Waals surface area contributed by atoms with Crippen LogP contribution in [-0.4, -0.2) is 15.0 Å². The molecule has 9 rings (SSSR count). The van der Waals surface area contributed by atoms with Gasteiger partial charge in [-0.1, -0.05) is 146 Å². The number of rotatable bonds is 6. The minimum atomic E-state index is 0.643. The van der Waals surface area contributed by atoms with Crippen LogP contribution in [0, 0.1) is 0 Å². The molecule has 0 unspecified atom stereocenters. The van der Waals surface area contributed by atoms with E-state index in [2.05, 4.69) is 115 Å². The first-order valence-electron chi connectivity index (χ1n) is 16.4. The van der Waals surface area contributed by atoms with Gasteiger partial charge >= 0.3 is 0 Å². The molecule has 0 aliphatic rings. The second-order valence-electron chi connectivity index (χ2n) is 12.1. The van der Waals surface area contributed by atoms with Gasteiger partial charge in [0, 0.05) is 36.9 Å². The van der Waals surface area contributed by atoms with Crippen molar-refractivity contribution in [1.82, 2.24) is 15.0 Å². The number of hydrogen-bond donors (Lipinski definition) is 0. The number of aromatic nitrogens is 3. The molecule has 0 spiro atoms. The Hall–Kier alpha value is -6.23. The van der Waals surface area contributed by atoms with E-state index in [1.54, 1.807) is 0 Å². The fraction of sp³-hybridized carbons (Fsp3) is 0. The first-order chi connectivity index (χ1) is 24.3. The van der Waals surface area contributed by atoms with Crippen LogP contribution in [-0.2, 0) is 0 Å². The van der Waals surface area contributed by atoms with Crippen LogP contribution < -0.4 is 0 Å². The average Bonchev–Trinajstić information content (AvgIpc) is 3.58. The third kappa shape index (κ3) is 5.58. The van der Waals surface area contributed by atoms with Crippen molar-refractivity contribution >= 4 is 31.5 Å². The summed E-state index contributed by atoms with van der Waals surface area (Å²) in [5.41, 5.74) is 9.87. The third-order valence-electron chi connectivity index (χ3n) is 8.91. The lowest BCUT2D eigenvalue weighted by Crippen LogP contribution is -2.00. The van der Waals surface area contributed by atoms with Crippen molar-refractivity contribution in [2.75, 3.05) is 0 Å². The largest absolute Gasteiger partial charge is 0.208 e. The fourth-order valence-electron chi connectivity index (χ4n) is 6.50. The highest BCUT2D eigenvalue weighted by Gasteiger charge is 2.15. The van der Waals surface area contributed by atoms with Gasteiger partial charge in [0.05, 0.1) is 0 Å². The molecular weight excluding hydrogens is 615 g/mol. The minimum absolute atomic E-state index is 0.643. The second-order valence-corrected chi connectivity index (χ2v) is 13.1. The van der Waals surface area contributed by atoms with Crippen molar-refractivity contribution in [1.29, 1.82) is 0 Å². The number of hydrogen-bond acceptors (Lipinski definition) is 4. The standard InChI is InChI=1S/C45H29N3S/c1-4-14-30(15-5-1)35-27-36(29-37(28-35)38-23-13-24-40-39-22-10-11-25-41(39)49-42(38)40)33-20-12-21-34(26-33)45-47-43(31-16-6-2-7-17-31)46-44(48-45)32-18-8-3-9-19-32/h1-29H. The van der Waals surface area contributed by atoms with Crippen LogP contribution in [0.3, 0.4) is 0 Å². The third-order valence-corrected chi connectivity index (χ3v) is 10.1. The summed E-state index contributed by atoms with van der Waals surface area (Å²) in [6.07, 6.45) is 0. The van der Waals surface area contributed by atoms with Crippen molar-refractivity contribution in [3.05, 3.63) is 176 Å². The second kappa shape index (κ2) is 12.4. The Morgan fingerprint density at radius 2 is 0.755 bits per heavy atom. The topological polar surface area (TPSA) is 38.7 Å². The van der Waals surface area contributed by atoms with E-state index in [1.165, 1.54) is 42.4 Å². The summed E-state index contributed by atoms with van der Waals surface area (Å²) in [5.74, 6) is 1.95. The predicted molar refractivity (Wildman–Crippen MR) is 205 cm³/mol. The molecule has 0 atom stereocenters. The fourth-order valence-corrected chi connectivity index (χ4v) is 7.74. The highest BCUT2D eigenvalue weighted by molar-refractivity contribution is 7.26. The van der Waals surface area contributed by atoms with Gasteiger partial charge in [-0.25, -0.2) is 15.0 Å². The van der Waals surface area contributed by atoms with Crippen LogP contribution in [0.2, 0.25) is 0 Å². The van der Waals surface area contributed by atoms with Gasteiger partial charge in [0.15, 0.2) is 17.5 Å². The lowest BCUT2D eigenvalue weighted by atomic mass is 9.92. The zero-order valence-electron chi connectivity index (χ0n) is 26.5. The van der Waals surface area contributed by atoms with Gasteiger partial charge in [-0.15, -0.1) is 11.3 Å². The molecule has 49 heavy (non-hydrogen) atoms. The molecule has 0 aliphatic heterocycles. The van der Waals surface area contributed by atoms with E-state index >= 15 is 0 Å². The molecule has 3 nitrogen and oxygen atoms in total. The van der Waals surface area contributed by atoms with Crippen LogP contribution in [0.5, 0.6) is 0 Å². The maximum absolute atomic E-state index is 5.00. The molecule has 230 valence electrons. The smallest absolute Gasteiger partial charge is 0.164 e. The van der Waals surface area contributed by atoms with Crippen molar-refractivity contribution < 1.29 is 0 Å². The van der Waals surface area contributed by atoms with Crippen molar-refractivity contribution in [2.45, 2.75) is 0 Å². The molecule has 4 heteroatoms. The summed E-state index contributed by atoms with van der Waals surface area (Å²) in [4.78, 5) is 14.9. The van der Waals surface area contributed by atoms with Crippen LogP contribution >= 0.6 is 11.3 Å². The molecule has 0 saturated heterocycles. The number of nitrogens with zero attached hydrogens (tertiary/aromatic N) is 3. The Balaban J connectivity index is 1.21. The molecule has 0 N–H and O–H groups in total. The van der Waals surface area contributed by atoms with Crippen molar-refractivity contribution in [3.8, 4) is 67.5 Å². The maximum atomic E-state index is 5.00. The minimum Gasteiger partial charge on any atom is -0.208 e. The van der Waals surface area contributed by atoms with E-state index in [1.807, 2.05) is 72.0 Å². The normalized spacial score (nSPS) is 11.3. The van der Waals surface area contributed by atoms with Gasteiger partial charge in [-0.3, -0.25) is 0 Å². The molecule has 9 aromatic rings. The monoisotopic (exact) mass is 643 g/mol. The summed E-state index contributed by atoms with van der Waals surface area (Å²) < 4.78 is 2.61. The lowest BCUT2D eigenvalue weighted by Gasteiger charge is -2.13. The Labute approximate surface area is 288 Å². The molecule has 0 aliphatic carbocycles. The van der Waals surface area contributed by atoms with Crippen molar-refractivity contribution in [2.24, 2.45) is 0 Å². The van der Waals surface area contributed by atoms with Gasteiger partial charge in [-0.05, 0) is 63.7 Å². The van der Waals surface area contributed by atoms with Gasteiger partial charge in [-0.2, -0.15) is 0 Å². The predicted octanol–water partition coefficient (Wildman–Crippen LogP) is 12.2. The number of benzene rings is 7. The Kier molecular flexibility index (Phi) is 7.34. The first kappa shape index (κ1) is 29.0. The SMILES string of the molecule is c1ccc(-c2cc(-c3cccc(-c4nc(-c5ccccc5)nc(-c5ccccc5)n4)c3)cc(-c3cccc4c3sc3ccccc34)c2)cc1. The van der Waals surface area contributed by atoms with E-state index in [0.29, 0.717) is 17.5 Å². The van der Waals surface area contributed by atoms with E-state index in [9.17, 15) is 0 Å². The summed E-state index contributed by atoms with van der Waals surface area (Å²) >= 11 is 1.86. The van der Waals surface area contributed by atoms with Gasteiger partial charge < -0.3 is 0 Å². The van der Waals surface area contributed by atoms with E-state index in [0.717, 1.165) is 27.8 Å². The summed E-state index contributed by atoms with van der Waals surface area (Å²) in [5, 5.41) is 2.60. The molecule has 7 aromatic carbocycles. The van der Waals surface area contributed by atoms with Gasteiger partial charge in [0.1, 0.15) is 0 Å². The first-order valence-corrected chi connectivity index (χ1v) is 17.2. The molecule has 0 bridgehead atoms. The Morgan fingerprint density at radius 1 is 0.306 bits per heavy atom. The summed E-state index contributed by atoms with van der Waals surface area (Å²) in [6, 6.07) is 61.7. The van der Waals surface area contributed by atoms with E-state index in [-0.39, 0.29) is 0 Å². The molecule has 0 saturated carbocycles. The highest BCUT2D eigenvalue weighted by atomic mass is 32.1. The molecular formula is C45H29N3S.